The van der Waals surface area contributed by atoms with Crippen molar-refractivity contribution in [3.05, 3.63) is 29.6 Å². The molecule has 0 spiro atoms. The molecule has 1 aromatic heterocycles. The molecule has 0 amide bonds. The van der Waals surface area contributed by atoms with Crippen molar-refractivity contribution in [3.63, 3.8) is 0 Å². The lowest BCUT2D eigenvalue weighted by Gasteiger charge is -2.03. The van der Waals surface area contributed by atoms with Crippen LogP contribution in [0.4, 0.5) is 5.69 Å². The van der Waals surface area contributed by atoms with E-state index in [0.29, 0.717) is 0 Å². The van der Waals surface area contributed by atoms with Gasteiger partial charge in [-0.3, -0.25) is 0 Å². The maximum absolute atomic E-state index is 5.71. The number of hydrogen-bond acceptors (Lipinski definition) is 5. The molecule has 2 rings (SSSR count). The Morgan fingerprint density at radius 1 is 1.44 bits per heavy atom. The number of anilines is 1. The Balaban J connectivity index is 2.20. The number of hydrogen-bond donors (Lipinski definition) is 1. The molecule has 16 heavy (non-hydrogen) atoms. The molecule has 1 aromatic carbocycles. The van der Waals surface area contributed by atoms with Crippen molar-refractivity contribution >= 4 is 29.0 Å². The van der Waals surface area contributed by atoms with E-state index in [1.54, 1.807) is 11.8 Å². The molecule has 0 aliphatic rings. The predicted octanol–water partition coefficient (Wildman–Crippen LogP) is 3.14. The van der Waals surface area contributed by atoms with Gasteiger partial charge in [0.15, 0.2) is 4.34 Å². The van der Waals surface area contributed by atoms with Crippen LogP contribution in [0.25, 0.3) is 0 Å². The van der Waals surface area contributed by atoms with Gasteiger partial charge in [-0.15, -0.1) is 0 Å². The second kappa shape index (κ2) is 4.84. The van der Waals surface area contributed by atoms with Gasteiger partial charge in [0.1, 0.15) is 5.82 Å². The third kappa shape index (κ3) is 2.54. The summed E-state index contributed by atoms with van der Waals surface area (Å²) in [5.74, 6) is 0.917. The summed E-state index contributed by atoms with van der Waals surface area (Å²) in [4.78, 5) is 5.61. The van der Waals surface area contributed by atoms with Gasteiger partial charge < -0.3 is 5.73 Å². The van der Waals surface area contributed by atoms with Gasteiger partial charge in [-0.2, -0.15) is 4.37 Å². The van der Waals surface area contributed by atoms with E-state index in [4.69, 9.17) is 5.73 Å². The molecule has 0 aliphatic carbocycles. The molecule has 0 fully saturated rings. The Hall–Kier alpha value is -1.07. The molecular formula is C11H13N3S2. The molecule has 0 atom stereocenters. The Labute approximate surface area is 103 Å². The van der Waals surface area contributed by atoms with E-state index >= 15 is 0 Å². The first kappa shape index (κ1) is 11.4. The molecule has 1 heterocycles. The van der Waals surface area contributed by atoms with Crippen molar-refractivity contribution in [3.8, 4) is 0 Å². The molecule has 2 N–H and O–H groups in total. The first-order chi connectivity index (χ1) is 7.69. The smallest absolute Gasteiger partial charge is 0.174 e. The minimum Gasteiger partial charge on any atom is -0.399 e. The van der Waals surface area contributed by atoms with Crippen LogP contribution in [0.15, 0.2) is 27.4 Å². The van der Waals surface area contributed by atoms with Crippen LogP contribution < -0.4 is 5.73 Å². The van der Waals surface area contributed by atoms with E-state index in [-0.39, 0.29) is 0 Å². The minimum absolute atomic E-state index is 0.799. The zero-order chi connectivity index (χ0) is 11.5. The summed E-state index contributed by atoms with van der Waals surface area (Å²) in [6, 6.07) is 5.92. The number of nitrogens with zero attached hydrogens (tertiary/aromatic N) is 2. The van der Waals surface area contributed by atoms with Gasteiger partial charge in [0.2, 0.25) is 0 Å². The summed E-state index contributed by atoms with van der Waals surface area (Å²) >= 11 is 3.10. The fourth-order valence-corrected chi connectivity index (χ4v) is 3.03. The van der Waals surface area contributed by atoms with Gasteiger partial charge in [-0.25, -0.2) is 4.98 Å². The zero-order valence-corrected chi connectivity index (χ0v) is 10.9. The summed E-state index contributed by atoms with van der Waals surface area (Å²) in [5.41, 5.74) is 7.69. The van der Waals surface area contributed by atoms with Gasteiger partial charge in [0, 0.05) is 17.0 Å². The number of nitrogen functional groups attached to an aromatic ring is 1. The average Bonchev–Trinajstić information content (AvgIpc) is 2.70. The third-order valence-electron chi connectivity index (χ3n) is 2.16. The largest absolute Gasteiger partial charge is 0.399 e. The highest BCUT2D eigenvalue weighted by molar-refractivity contribution is 8.01. The fourth-order valence-electron chi connectivity index (χ4n) is 1.30. The minimum atomic E-state index is 0.799. The SMILES string of the molecule is CCc1nsc(Sc2ccc(N)cc2C)n1. The second-order valence-corrected chi connectivity index (χ2v) is 5.50. The Bertz CT molecular complexity index is 494. The highest BCUT2D eigenvalue weighted by Gasteiger charge is 2.06. The normalized spacial score (nSPS) is 10.6. The lowest BCUT2D eigenvalue weighted by Crippen LogP contribution is -1.87. The second-order valence-electron chi connectivity index (χ2n) is 3.46. The van der Waals surface area contributed by atoms with Crippen LogP contribution in [0.3, 0.4) is 0 Å². The monoisotopic (exact) mass is 251 g/mol. The van der Waals surface area contributed by atoms with Crippen molar-refractivity contribution in [2.45, 2.75) is 29.5 Å². The van der Waals surface area contributed by atoms with Gasteiger partial charge in [-0.1, -0.05) is 18.7 Å². The predicted molar refractivity (Wildman–Crippen MR) is 69.0 cm³/mol. The molecule has 0 saturated carbocycles. The highest BCUT2D eigenvalue weighted by Crippen LogP contribution is 2.32. The quantitative estimate of drug-likeness (QED) is 0.851. The standard InChI is InChI=1S/C11H13N3S2/c1-3-10-13-11(16-14-10)15-9-5-4-8(12)6-7(9)2/h4-6H,3,12H2,1-2H3. The molecule has 5 heteroatoms. The molecule has 0 radical (unpaired) electrons. The highest BCUT2D eigenvalue weighted by atomic mass is 32.2. The van der Waals surface area contributed by atoms with Gasteiger partial charge in [0.25, 0.3) is 0 Å². The van der Waals surface area contributed by atoms with Crippen molar-refractivity contribution in [2.24, 2.45) is 0 Å². The first-order valence-electron chi connectivity index (χ1n) is 5.05. The molecule has 0 aliphatic heterocycles. The van der Waals surface area contributed by atoms with Crippen molar-refractivity contribution < 1.29 is 0 Å². The van der Waals surface area contributed by atoms with E-state index in [0.717, 1.165) is 22.3 Å². The maximum atomic E-state index is 5.71. The summed E-state index contributed by atoms with van der Waals surface area (Å²) < 4.78 is 5.25. The van der Waals surface area contributed by atoms with Crippen LogP contribution >= 0.6 is 23.3 Å². The van der Waals surface area contributed by atoms with E-state index in [2.05, 4.69) is 23.2 Å². The summed E-state index contributed by atoms with van der Waals surface area (Å²) in [6.45, 7) is 4.12. The van der Waals surface area contributed by atoms with Crippen LogP contribution in [0.2, 0.25) is 0 Å². The Morgan fingerprint density at radius 3 is 2.88 bits per heavy atom. The topological polar surface area (TPSA) is 51.8 Å². The number of nitrogens with two attached hydrogens (primary N) is 1. The molecule has 3 nitrogen and oxygen atoms in total. The lowest BCUT2D eigenvalue weighted by atomic mass is 10.2. The lowest BCUT2D eigenvalue weighted by molar-refractivity contribution is 0.971. The number of benzene rings is 1. The molecule has 0 saturated heterocycles. The number of aryl methyl sites for hydroxylation is 2. The van der Waals surface area contributed by atoms with Crippen LogP contribution in [0, 0.1) is 6.92 Å². The van der Waals surface area contributed by atoms with Crippen LogP contribution in [0.5, 0.6) is 0 Å². The molecule has 0 unspecified atom stereocenters. The molecule has 0 bridgehead atoms. The summed E-state index contributed by atoms with van der Waals surface area (Å²) in [6.07, 6.45) is 0.887. The van der Waals surface area contributed by atoms with E-state index < -0.39 is 0 Å². The molecule has 2 aromatic rings. The van der Waals surface area contributed by atoms with Crippen LogP contribution in [-0.2, 0) is 6.42 Å². The third-order valence-corrected chi connectivity index (χ3v) is 4.13. The first-order valence-corrected chi connectivity index (χ1v) is 6.64. The number of aromatic nitrogens is 2. The van der Waals surface area contributed by atoms with Crippen LogP contribution in [0.1, 0.15) is 18.3 Å². The van der Waals surface area contributed by atoms with E-state index in [1.807, 2.05) is 18.2 Å². The van der Waals surface area contributed by atoms with Crippen LogP contribution in [-0.4, -0.2) is 9.36 Å². The number of rotatable bonds is 3. The van der Waals surface area contributed by atoms with Crippen molar-refractivity contribution in [2.75, 3.05) is 5.73 Å². The van der Waals surface area contributed by atoms with Gasteiger partial charge in [0.05, 0.1) is 0 Å². The fraction of sp³-hybridized carbons (Fsp3) is 0.273. The Morgan fingerprint density at radius 2 is 2.25 bits per heavy atom. The van der Waals surface area contributed by atoms with Gasteiger partial charge in [-0.05, 0) is 42.2 Å². The van der Waals surface area contributed by atoms with Crippen molar-refractivity contribution in [1.82, 2.24) is 9.36 Å². The Kier molecular flexibility index (Phi) is 3.46. The zero-order valence-electron chi connectivity index (χ0n) is 9.23. The summed E-state index contributed by atoms with van der Waals surface area (Å²) in [5, 5.41) is 0. The van der Waals surface area contributed by atoms with Gasteiger partial charge >= 0.3 is 0 Å². The van der Waals surface area contributed by atoms with E-state index in [9.17, 15) is 0 Å². The summed E-state index contributed by atoms with van der Waals surface area (Å²) in [7, 11) is 0. The maximum Gasteiger partial charge on any atom is 0.174 e. The van der Waals surface area contributed by atoms with Crippen molar-refractivity contribution in [1.29, 1.82) is 0 Å². The molecular weight excluding hydrogens is 238 g/mol. The average molecular weight is 251 g/mol. The molecule has 84 valence electrons. The van der Waals surface area contributed by atoms with E-state index in [1.165, 1.54) is 22.0 Å².